The van der Waals surface area contributed by atoms with Crippen LogP contribution in [-0.4, -0.2) is 31.1 Å². The lowest BCUT2D eigenvalue weighted by Crippen LogP contribution is -2.32. The van der Waals surface area contributed by atoms with Crippen molar-refractivity contribution in [1.82, 2.24) is 24.5 Å². The van der Waals surface area contributed by atoms with Gasteiger partial charge in [-0.2, -0.15) is 0 Å². The van der Waals surface area contributed by atoms with Crippen LogP contribution in [0.3, 0.4) is 0 Å². The van der Waals surface area contributed by atoms with E-state index in [4.69, 9.17) is 0 Å². The number of nitrogens with one attached hydrogen (secondary N) is 2. The van der Waals surface area contributed by atoms with Crippen LogP contribution in [0, 0.1) is 0 Å². The molecule has 0 unspecified atom stereocenters. The van der Waals surface area contributed by atoms with Crippen molar-refractivity contribution >= 4 is 22.6 Å². The van der Waals surface area contributed by atoms with Crippen molar-refractivity contribution in [2.75, 3.05) is 0 Å². The molecule has 0 spiro atoms. The summed E-state index contributed by atoms with van der Waals surface area (Å²) in [6, 6.07) is 4.70. The van der Waals surface area contributed by atoms with E-state index >= 15 is 0 Å². The maximum Gasteiger partial charge on any atom is 0.349 e. The van der Waals surface area contributed by atoms with Crippen molar-refractivity contribution in [2.24, 2.45) is 0 Å². The van der Waals surface area contributed by atoms with Gasteiger partial charge < -0.3 is 5.32 Å². The molecule has 8 heteroatoms. The number of carbonyl (C=O) groups is 1. The molecular formula is C17H19N5O3. The smallest absolute Gasteiger partial charge is 0.349 e. The van der Waals surface area contributed by atoms with Gasteiger partial charge >= 0.3 is 5.69 Å². The van der Waals surface area contributed by atoms with Crippen molar-refractivity contribution in [3.8, 4) is 0 Å². The van der Waals surface area contributed by atoms with Gasteiger partial charge in [0.05, 0.1) is 10.9 Å². The minimum Gasteiger partial charge on any atom is -0.350 e. The Labute approximate surface area is 142 Å². The Morgan fingerprint density at radius 3 is 2.88 bits per heavy atom. The number of fused-ring (bicyclic) bond motifs is 3. The number of nitrogens with zero attached hydrogens (tertiary/aromatic N) is 3. The quantitative estimate of drug-likeness (QED) is 0.677. The van der Waals surface area contributed by atoms with E-state index in [0.29, 0.717) is 16.5 Å². The molecule has 0 bridgehead atoms. The Morgan fingerprint density at radius 2 is 2.20 bits per heavy atom. The van der Waals surface area contributed by atoms with Crippen molar-refractivity contribution < 1.29 is 4.79 Å². The molecule has 8 nitrogen and oxygen atoms in total. The van der Waals surface area contributed by atoms with E-state index in [9.17, 15) is 14.4 Å². The molecule has 0 radical (unpaired) electrons. The van der Waals surface area contributed by atoms with Gasteiger partial charge in [-0.15, -0.1) is 11.7 Å². The first-order valence-corrected chi connectivity index (χ1v) is 8.03. The van der Waals surface area contributed by atoms with Crippen molar-refractivity contribution in [3.05, 3.63) is 57.3 Å². The zero-order valence-electron chi connectivity index (χ0n) is 14.1. The highest BCUT2D eigenvalue weighted by Gasteiger charge is 2.16. The van der Waals surface area contributed by atoms with Crippen molar-refractivity contribution in [3.63, 3.8) is 0 Å². The van der Waals surface area contributed by atoms with Crippen LogP contribution in [0.15, 0.2) is 40.4 Å². The number of carbonyl (C=O) groups excluding carboxylic acids is 1. The fraction of sp³-hybridized carbons (Fsp3) is 0.294. The summed E-state index contributed by atoms with van der Waals surface area (Å²) in [5.41, 5.74) is -0.0495. The number of aromatic amines is 1. The number of allylic oxidation sites excluding steroid dienone is 1. The summed E-state index contributed by atoms with van der Waals surface area (Å²) in [5.74, 6) is -0.0712. The molecule has 130 valence electrons. The number of hydrogen-bond donors (Lipinski definition) is 2. The number of hydrogen-bond acceptors (Lipinski definition) is 4. The normalized spacial score (nSPS) is 12.4. The number of rotatable bonds is 5. The molecule has 1 atom stereocenters. The Balaban J connectivity index is 2.28. The van der Waals surface area contributed by atoms with Gasteiger partial charge in [-0.05, 0) is 31.5 Å². The lowest BCUT2D eigenvalue weighted by molar-refractivity contribution is 0.0939. The SMILES string of the molecule is C=CCn1c(=O)c2ccc(C(=O)N[C@H](C)CC)cc2n2c(=O)[nH]nc12. The summed E-state index contributed by atoms with van der Waals surface area (Å²) in [7, 11) is 0. The van der Waals surface area contributed by atoms with Crippen LogP contribution in [0.5, 0.6) is 0 Å². The summed E-state index contributed by atoms with van der Waals surface area (Å²) >= 11 is 0. The van der Waals surface area contributed by atoms with Gasteiger partial charge in [0.1, 0.15) is 0 Å². The number of H-pyrrole nitrogens is 1. The first-order chi connectivity index (χ1) is 12.0. The second-order valence-corrected chi connectivity index (χ2v) is 5.88. The molecule has 2 aromatic heterocycles. The van der Waals surface area contributed by atoms with Crippen LogP contribution in [0.2, 0.25) is 0 Å². The van der Waals surface area contributed by atoms with Gasteiger partial charge in [0.2, 0.25) is 5.78 Å². The summed E-state index contributed by atoms with van der Waals surface area (Å²) in [6.45, 7) is 7.73. The molecule has 2 heterocycles. The third-order valence-electron chi connectivity index (χ3n) is 4.17. The molecule has 25 heavy (non-hydrogen) atoms. The third kappa shape index (κ3) is 2.75. The van der Waals surface area contributed by atoms with Crippen molar-refractivity contribution in [2.45, 2.75) is 32.9 Å². The predicted molar refractivity (Wildman–Crippen MR) is 95.0 cm³/mol. The molecule has 0 aliphatic rings. The number of amides is 1. The summed E-state index contributed by atoms with van der Waals surface area (Å²) < 4.78 is 2.65. The van der Waals surface area contributed by atoms with E-state index in [1.165, 1.54) is 15.0 Å². The molecule has 2 N–H and O–H groups in total. The fourth-order valence-corrected chi connectivity index (χ4v) is 2.66. The van der Waals surface area contributed by atoms with Gasteiger partial charge in [-0.3, -0.25) is 14.2 Å². The van der Waals surface area contributed by atoms with E-state index in [-0.39, 0.29) is 29.8 Å². The van der Waals surface area contributed by atoms with Crippen LogP contribution in [-0.2, 0) is 6.54 Å². The zero-order chi connectivity index (χ0) is 18.1. The maximum atomic E-state index is 12.7. The van der Waals surface area contributed by atoms with Crippen molar-refractivity contribution in [1.29, 1.82) is 0 Å². The fourth-order valence-electron chi connectivity index (χ4n) is 2.66. The highest BCUT2D eigenvalue weighted by molar-refractivity contribution is 5.98. The second kappa shape index (κ2) is 6.39. The van der Waals surface area contributed by atoms with E-state index in [2.05, 4.69) is 22.1 Å². The minimum atomic E-state index is -0.475. The molecule has 1 aromatic carbocycles. The Bertz CT molecular complexity index is 1090. The molecule has 0 aliphatic heterocycles. The van der Waals surface area contributed by atoms with Gasteiger partial charge in [0.15, 0.2) is 0 Å². The Hall–Kier alpha value is -3.16. The largest absolute Gasteiger partial charge is 0.350 e. The van der Waals surface area contributed by atoms with Crippen LogP contribution in [0.25, 0.3) is 16.7 Å². The topological polar surface area (TPSA) is 101 Å². The van der Waals surface area contributed by atoms with Gasteiger partial charge in [-0.25, -0.2) is 14.3 Å². The maximum absolute atomic E-state index is 12.7. The molecule has 0 aliphatic carbocycles. The minimum absolute atomic E-state index is 0.0282. The Morgan fingerprint density at radius 1 is 1.44 bits per heavy atom. The Kier molecular flexibility index (Phi) is 4.26. The van der Waals surface area contributed by atoms with Gasteiger partial charge in [0, 0.05) is 18.2 Å². The highest BCUT2D eigenvalue weighted by atomic mass is 16.2. The second-order valence-electron chi connectivity index (χ2n) is 5.88. The molecule has 0 fully saturated rings. The van der Waals surface area contributed by atoms with E-state index in [1.54, 1.807) is 18.2 Å². The molecular weight excluding hydrogens is 322 g/mol. The highest BCUT2D eigenvalue weighted by Crippen LogP contribution is 2.14. The molecule has 0 saturated carbocycles. The van der Waals surface area contributed by atoms with Gasteiger partial charge in [-0.1, -0.05) is 13.0 Å². The van der Waals surface area contributed by atoms with Crippen LogP contribution >= 0.6 is 0 Å². The molecule has 3 rings (SSSR count). The number of aromatic nitrogens is 4. The van der Waals surface area contributed by atoms with Crippen LogP contribution in [0.4, 0.5) is 0 Å². The zero-order valence-corrected chi connectivity index (χ0v) is 14.1. The monoisotopic (exact) mass is 341 g/mol. The van der Waals surface area contributed by atoms with E-state index in [1.807, 2.05) is 13.8 Å². The predicted octanol–water partition coefficient (Wildman–Crippen LogP) is 1.05. The number of benzene rings is 1. The molecule has 3 aromatic rings. The summed E-state index contributed by atoms with van der Waals surface area (Å²) in [4.78, 5) is 37.2. The van der Waals surface area contributed by atoms with E-state index in [0.717, 1.165) is 6.42 Å². The van der Waals surface area contributed by atoms with Crippen LogP contribution < -0.4 is 16.6 Å². The average molecular weight is 341 g/mol. The lowest BCUT2D eigenvalue weighted by atomic mass is 10.1. The van der Waals surface area contributed by atoms with Crippen LogP contribution in [0.1, 0.15) is 30.6 Å². The summed E-state index contributed by atoms with van der Waals surface area (Å²) in [5, 5.41) is 9.47. The first kappa shape index (κ1) is 16.7. The standard InChI is InChI=1S/C17H19N5O3/c1-4-8-21-15(24)12-7-6-11(14(23)18-10(3)5-2)9-13(12)22-16(21)19-20-17(22)25/h4,6-7,9-10H,1,5,8H2,2-3H3,(H,18,23)(H,20,25)/t10-/m1/s1. The first-order valence-electron chi connectivity index (χ1n) is 8.03. The van der Waals surface area contributed by atoms with Gasteiger partial charge in [0.25, 0.3) is 11.5 Å². The van der Waals surface area contributed by atoms with E-state index < -0.39 is 5.69 Å². The molecule has 1 amide bonds. The third-order valence-corrected chi connectivity index (χ3v) is 4.17. The summed E-state index contributed by atoms with van der Waals surface area (Å²) in [6.07, 6.45) is 2.36. The average Bonchev–Trinajstić information content (AvgIpc) is 2.99. The lowest BCUT2D eigenvalue weighted by Gasteiger charge is -2.12. The molecule has 0 saturated heterocycles.